The van der Waals surface area contributed by atoms with Gasteiger partial charge in [-0.15, -0.1) is 34.2 Å². The molecule has 0 aliphatic carbocycles. The van der Waals surface area contributed by atoms with Gasteiger partial charge in [-0.2, -0.15) is 0 Å². The van der Waals surface area contributed by atoms with Crippen LogP contribution in [0.5, 0.6) is 5.75 Å². The third kappa shape index (κ3) is 8.33. The van der Waals surface area contributed by atoms with E-state index in [1.54, 1.807) is 13.4 Å². The van der Waals surface area contributed by atoms with E-state index in [1.165, 1.54) is 5.69 Å². The van der Waals surface area contributed by atoms with E-state index in [4.69, 9.17) is 14.5 Å². The lowest BCUT2D eigenvalue weighted by Gasteiger charge is -2.38. The van der Waals surface area contributed by atoms with Gasteiger partial charge in [-0.1, -0.05) is 13.0 Å². The Hall–Kier alpha value is -2.08. The van der Waals surface area contributed by atoms with Gasteiger partial charge in [-0.25, -0.2) is 0 Å². The molecule has 1 N–H and O–H groups in total. The summed E-state index contributed by atoms with van der Waals surface area (Å²) in [6, 6.07) is 8.27. The fourth-order valence-electron chi connectivity index (χ4n) is 3.77. The second-order valence-corrected chi connectivity index (χ2v) is 7.65. The number of aromatic nitrogens is 3. The van der Waals surface area contributed by atoms with Gasteiger partial charge in [-0.3, -0.25) is 4.99 Å². The van der Waals surface area contributed by atoms with E-state index < -0.39 is 0 Å². The molecule has 1 aliphatic rings. The molecular formula is C23H38IN7O2. The van der Waals surface area contributed by atoms with Crippen molar-refractivity contribution < 1.29 is 9.47 Å². The molecule has 1 saturated heterocycles. The predicted octanol–water partition coefficient (Wildman–Crippen LogP) is 2.66. The predicted molar refractivity (Wildman–Crippen MR) is 143 cm³/mol. The number of guanidine groups is 1. The van der Waals surface area contributed by atoms with Crippen LogP contribution in [0.1, 0.15) is 26.1 Å². The summed E-state index contributed by atoms with van der Waals surface area (Å²) in [4.78, 5) is 9.63. The summed E-state index contributed by atoms with van der Waals surface area (Å²) in [5.74, 6) is 2.87. The van der Waals surface area contributed by atoms with E-state index in [9.17, 15) is 0 Å². The molecule has 33 heavy (non-hydrogen) atoms. The van der Waals surface area contributed by atoms with Gasteiger partial charge in [0.1, 0.15) is 17.9 Å². The number of methoxy groups -OCH3 is 1. The summed E-state index contributed by atoms with van der Waals surface area (Å²) in [6.07, 6.45) is 3.60. The molecule has 0 amide bonds. The SMILES string of the molecule is CCOCCCN=C(NCCn1cnnc1CC)N1CCN(c2cccc(OC)c2)CC1.I. The largest absolute Gasteiger partial charge is 0.497 e. The fourth-order valence-corrected chi connectivity index (χ4v) is 3.77. The maximum atomic E-state index is 5.46. The molecule has 0 saturated carbocycles. The lowest BCUT2D eigenvalue weighted by Crippen LogP contribution is -2.53. The summed E-state index contributed by atoms with van der Waals surface area (Å²) in [5.41, 5.74) is 1.20. The van der Waals surface area contributed by atoms with Crippen molar-refractivity contribution in [2.24, 2.45) is 4.99 Å². The van der Waals surface area contributed by atoms with E-state index in [2.05, 4.69) is 48.9 Å². The maximum absolute atomic E-state index is 5.46. The molecule has 184 valence electrons. The number of aliphatic imine (C=N–C) groups is 1. The van der Waals surface area contributed by atoms with Crippen LogP contribution >= 0.6 is 24.0 Å². The van der Waals surface area contributed by atoms with E-state index >= 15 is 0 Å². The molecule has 0 spiro atoms. The summed E-state index contributed by atoms with van der Waals surface area (Å²) in [7, 11) is 1.71. The molecule has 9 nitrogen and oxygen atoms in total. The van der Waals surface area contributed by atoms with Crippen molar-refractivity contribution in [3.63, 3.8) is 0 Å². The molecule has 1 fully saturated rings. The third-order valence-electron chi connectivity index (χ3n) is 5.56. The van der Waals surface area contributed by atoms with Gasteiger partial charge < -0.3 is 29.2 Å². The van der Waals surface area contributed by atoms with Crippen molar-refractivity contribution in [3.8, 4) is 5.75 Å². The zero-order valence-electron chi connectivity index (χ0n) is 20.1. The third-order valence-corrected chi connectivity index (χ3v) is 5.56. The lowest BCUT2D eigenvalue weighted by atomic mass is 10.2. The van der Waals surface area contributed by atoms with Gasteiger partial charge in [0.05, 0.1) is 7.11 Å². The molecule has 10 heteroatoms. The van der Waals surface area contributed by atoms with Crippen LogP contribution in [0.25, 0.3) is 0 Å². The minimum atomic E-state index is 0. The first-order valence-electron chi connectivity index (χ1n) is 11.6. The Morgan fingerprint density at radius 1 is 1.18 bits per heavy atom. The quantitative estimate of drug-likeness (QED) is 0.192. The summed E-state index contributed by atoms with van der Waals surface area (Å²) >= 11 is 0. The van der Waals surface area contributed by atoms with Crippen LogP contribution in [0.15, 0.2) is 35.6 Å². The van der Waals surface area contributed by atoms with Crippen molar-refractivity contribution in [1.82, 2.24) is 25.0 Å². The number of halogens is 1. The van der Waals surface area contributed by atoms with E-state index in [0.717, 1.165) is 89.4 Å². The minimum Gasteiger partial charge on any atom is -0.497 e. The Labute approximate surface area is 214 Å². The van der Waals surface area contributed by atoms with Crippen molar-refractivity contribution in [2.45, 2.75) is 33.2 Å². The smallest absolute Gasteiger partial charge is 0.194 e. The number of hydrogen-bond acceptors (Lipinski definition) is 6. The van der Waals surface area contributed by atoms with Crippen molar-refractivity contribution in [1.29, 1.82) is 0 Å². The number of hydrogen-bond donors (Lipinski definition) is 1. The monoisotopic (exact) mass is 571 g/mol. The van der Waals surface area contributed by atoms with E-state index in [-0.39, 0.29) is 24.0 Å². The van der Waals surface area contributed by atoms with Gasteiger partial charge >= 0.3 is 0 Å². The molecule has 2 aromatic rings. The minimum absolute atomic E-state index is 0. The number of aryl methyl sites for hydroxylation is 1. The van der Waals surface area contributed by atoms with Gasteiger partial charge in [0.25, 0.3) is 0 Å². The molecular weight excluding hydrogens is 533 g/mol. The zero-order chi connectivity index (χ0) is 22.6. The molecule has 3 rings (SSSR count). The Morgan fingerprint density at radius 2 is 2.00 bits per heavy atom. The number of anilines is 1. The molecule has 0 atom stereocenters. The highest BCUT2D eigenvalue weighted by Crippen LogP contribution is 2.22. The summed E-state index contributed by atoms with van der Waals surface area (Å²) in [5, 5.41) is 11.8. The Balaban J connectivity index is 0.00000385. The first-order chi connectivity index (χ1) is 15.7. The van der Waals surface area contributed by atoms with Crippen LogP contribution in [-0.2, 0) is 17.7 Å². The number of benzene rings is 1. The van der Waals surface area contributed by atoms with Gasteiger partial charge in [0, 0.05) is 77.2 Å². The van der Waals surface area contributed by atoms with Crippen LogP contribution in [0.4, 0.5) is 5.69 Å². The number of nitrogens with one attached hydrogen (secondary N) is 1. The molecule has 1 aromatic carbocycles. The molecule has 0 unspecified atom stereocenters. The van der Waals surface area contributed by atoms with Crippen LogP contribution in [0.2, 0.25) is 0 Å². The lowest BCUT2D eigenvalue weighted by molar-refractivity contribution is 0.146. The topological polar surface area (TPSA) is 80.0 Å². The summed E-state index contributed by atoms with van der Waals surface area (Å²) in [6.45, 7) is 11.7. The van der Waals surface area contributed by atoms with Gasteiger partial charge in [0.2, 0.25) is 0 Å². The Morgan fingerprint density at radius 3 is 2.73 bits per heavy atom. The van der Waals surface area contributed by atoms with Gasteiger partial charge in [-0.05, 0) is 25.5 Å². The number of nitrogens with zero attached hydrogens (tertiary/aromatic N) is 6. The average molecular weight is 572 g/mol. The fraction of sp³-hybridized carbons (Fsp3) is 0.609. The Kier molecular flexibility index (Phi) is 12.3. The highest BCUT2D eigenvalue weighted by molar-refractivity contribution is 14.0. The van der Waals surface area contributed by atoms with Crippen LogP contribution < -0.4 is 15.0 Å². The van der Waals surface area contributed by atoms with Crippen LogP contribution in [0.3, 0.4) is 0 Å². The first-order valence-corrected chi connectivity index (χ1v) is 11.6. The zero-order valence-corrected chi connectivity index (χ0v) is 22.4. The number of piperazine rings is 1. The van der Waals surface area contributed by atoms with Crippen molar-refractivity contribution in [2.75, 3.05) is 64.5 Å². The highest BCUT2D eigenvalue weighted by atomic mass is 127. The molecule has 1 aromatic heterocycles. The normalized spacial score (nSPS) is 14.2. The van der Waals surface area contributed by atoms with E-state index in [1.807, 2.05) is 19.1 Å². The molecule has 0 bridgehead atoms. The first kappa shape index (κ1) is 27.2. The summed E-state index contributed by atoms with van der Waals surface area (Å²) < 4.78 is 12.9. The van der Waals surface area contributed by atoms with Crippen LogP contribution in [0, 0.1) is 0 Å². The van der Waals surface area contributed by atoms with Crippen molar-refractivity contribution >= 4 is 35.6 Å². The van der Waals surface area contributed by atoms with E-state index in [0.29, 0.717) is 0 Å². The maximum Gasteiger partial charge on any atom is 0.194 e. The van der Waals surface area contributed by atoms with Crippen molar-refractivity contribution in [3.05, 3.63) is 36.4 Å². The number of rotatable bonds is 11. The average Bonchev–Trinajstić information content (AvgIpc) is 3.30. The highest BCUT2D eigenvalue weighted by Gasteiger charge is 2.20. The second-order valence-electron chi connectivity index (χ2n) is 7.65. The van der Waals surface area contributed by atoms with Crippen LogP contribution in [-0.4, -0.2) is 85.2 Å². The van der Waals surface area contributed by atoms with Gasteiger partial charge in [0.15, 0.2) is 5.96 Å². The molecule has 0 radical (unpaired) electrons. The molecule has 2 heterocycles. The Bertz CT molecular complexity index is 838. The molecule has 1 aliphatic heterocycles. The standard InChI is InChI=1S/C23H37N7O2.HI/c1-4-22-27-26-19-30(22)12-11-25-23(24-10-7-17-32-5-2)29-15-13-28(14-16-29)20-8-6-9-21(18-20)31-3;/h6,8-9,18-19H,4-5,7,10-17H2,1-3H3,(H,24,25);1H. The number of ether oxygens (including phenoxy) is 2. The second kappa shape index (κ2) is 14.9.